The number of carboxylic acid groups (broad SMARTS) is 1. The number of amides is 2. The Kier molecular flexibility index (Phi) is 4.08. The van der Waals surface area contributed by atoms with Gasteiger partial charge in [0.2, 0.25) is 0 Å². The van der Waals surface area contributed by atoms with E-state index in [1.165, 1.54) is 0 Å². The zero-order valence-electron chi connectivity index (χ0n) is 12.9. The van der Waals surface area contributed by atoms with E-state index in [0.29, 0.717) is 35.9 Å². The van der Waals surface area contributed by atoms with Crippen LogP contribution in [-0.2, 0) is 0 Å². The topological polar surface area (TPSA) is 76.1 Å². The average molecular weight is 322 g/mol. The van der Waals surface area contributed by atoms with E-state index in [0.717, 1.165) is 19.2 Å². The molecule has 0 unspecified atom stereocenters. The minimum Gasteiger partial charge on any atom is -0.465 e. The highest BCUT2D eigenvalue weighted by Crippen LogP contribution is 2.34. The van der Waals surface area contributed by atoms with Crippen molar-refractivity contribution < 1.29 is 19.1 Å². The number of anilines is 2. The van der Waals surface area contributed by atoms with E-state index in [1.807, 2.05) is 11.8 Å². The second kappa shape index (κ2) is 6.04. The lowest BCUT2D eigenvalue weighted by molar-refractivity contribution is 0.0728. The van der Waals surface area contributed by atoms with Crippen LogP contribution in [0, 0.1) is 5.82 Å². The number of halogens is 1. The number of nitrogens with zero attached hydrogens (tertiary/aromatic N) is 3. The van der Waals surface area contributed by atoms with Crippen LogP contribution < -0.4 is 15.1 Å². The maximum Gasteiger partial charge on any atom is 0.415 e. The summed E-state index contributed by atoms with van der Waals surface area (Å²) in [7, 11) is 0. The maximum atomic E-state index is 14.5. The van der Waals surface area contributed by atoms with E-state index in [1.54, 1.807) is 11.0 Å². The van der Waals surface area contributed by atoms with E-state index >= 15 is 0 Å². The summed E-state index contributed by atoms with van der Waals surface area (Å²) in [5, 5.41) is 12.4. The van der Waals surface area contributed by atoms with Crippen molar-refractivity contribution in [2.24, 2.45) is 0 Å². The highest BCUT2D eigenvalue weighted by Gasteiger charge is 2.34. The smallest absolute Gasteiger partial charge is 0.415 e. The van der Waals surface area contributed by atoms with Crippen molar-refractivity contribution in [1.29, 1.82) is 0 Å². The Morgan fingerprint density at radius 2 is 2.00 bits per heavy atom. The number of nitrogens with one attached hydrogen (secondary N) is 1. The van der Waals surface area contributed by atoms with Crippen LogP contribution in [0.2, 0.25) is 0 Å². The summed E-state index contributed by atoms with van der Waals surface area (Å²) in [6.45, 7) is 5.29. The number of fused-ring (bicyclic) bond motifs is 1. The summed E-state index contributed by atoms with van der Waals surface area (Å²) in [6, 6.07) is 2.82. The third kappa shape index (κ3) is 2.70. The molecule has 0 bridgehead atoms. The van der Waals surface area contributed by atoms with Gasteiger partial charge in [0.1, 0.15) is 12.5 Å². The van der Waals surface area contributed by atoms with Gasteiger partial charge in [-0.3, -0.25) is 4.79 Å². The van der Waals surface area contributed by atoms with Crippen LogP contribution in [0.15, 0.2) is 12.1 Å². The van der Waals surface area contributed by atoms with Crippen molar-refractivity contribution in [2.45, 2.75) is 6.92 Å². The van der Waals surface area contributed by atoms with E-state index < -0.39 is 17.8 Å². The summed E-state index contributed by atoms with van der Waals surface area (Å²) >= 11 is 0. The fourth-order valence-electron chi connectivity index (χ4n) is 3.01. The molecule has 7 nitrogen and oxygen atoms in total. The molecule has 3 rings (SSSR count). The molecular formula is C15H19FN4O3. The molecule has 124 valence electrons. The standard InChI is InChI=1S/C15H19FN4O3/c1-2-18-9-20(15(22)23)14(21)10-7-11(16)13(8-12(10)18)19-5-3-17-4-6-19/h7-8,17H,2-6,9H2,1H3,(H,22,23). The lowest BCUT2D eigenvalue weighted by Gasteiger charge is -2.37. The largest absolute Gasteiger partial charge is 0.465 e. The molecule has 8 heteroatoms. The highest BCUT2D eigenvalue weighted by atomic mass is 19.1. The maximum absolute atomic E-state index is 14.5. The molecule has 1 aromatic rings. The van der Waals surface area contributed by atoms with Gasteiger partial charge in [-0.15, -0.1) is 0 Å². The van der Waals surface area contributed by atoms with Crippen LogP contribution in [0.4, 0.5) is 20.6 Å². The van der Waals surface area contributed by atoms with Crippen LogP contribution in [0.3, 0.4) is 0 Å². The van der Waals surface area contributed by atoms with Gasteiger partial charge in [-0.1, -0.05) is 0 Å². The third-order valence-electron chi connectivity index (χ3n) is 4.26. The predicted molar refractivity (Wildman–Crippen MR) is 83.6 cm³/mol. The van der Waals surface area contributed by atoms with Crippen molar-refractivity contribution >= 4 is 23.4 Å². The summed E-state index contributed by atoms with van der Waals surface area (Å²) in [5.41, 5.74) is 1.14. The zero-order chi connectivity index (χ0) is 16.6. The Balaban J connectivity index is 2.04. The lowest BCUT2D eigenvalue weighted by atomic mass is 10.1. The molecule has 23 heavy (non-hydrogen) atoms. The first kappa shape index (κ1) is 15.5. The van der Waals surface area contributed by atoms with Gasteiger partial charge in [0, 0.05) is 32.7 Å². The van der Waals surface area contributed by atoms with Gasteiger partial charge < -0.3 is 20.2 Å². The highest BCUT2D eigenvalue weighted by molar-refractivity contribution is 6.08. The molecule has 1 fully saturated rings. The van der Waals surface area contributed by atoms with Gasteiger partial charge in [0.25, 0.3) is 5.91 Å². The van der Waals surface area contributed by atoms with Gasteiger partial charge in [0.15, 0.2) is 0 Å². The molecule has 0 spiro atoms. The zero-order valence-corrected chi connectivity index (χ0v) is 12.9. The molecule has 0 aromatic heterocycles. The van der Waals surface area contributed by atoms with Crippen LogP contribution in [0.25, 0.3) is 0 Å². The molecule has 0 aliphatic carbocycles. The fraction of sp³-hybridized carbons (Fsp3) is 0.467. The summed E-state index contributed by atoms with van der Waals surface area (Å²) in [6.07, 6.45) is -1.33. The summed E-state index contributed by atoms with van der Waals surface area (Å²) < 4.78 is 14.5. The Hall–Kier alpha value is -2.35. The van der Waals surface area contributed by atoms with Crippen LogP contribution in [0.5, 0.6) is 0 Å². The second-order valence-corrected chi connectivity index (χ2v) is 5.57. The molecule has 2 aliphatic rings. The van der Waals surface area contributed by atoms with Crippen molar-refractivity contribution in [2.75, 3.05) is 49.2 Å². The van der Waals surface area contributed by atoms with Gasteiger partial charge in [0.05, 0.1) is 16.9 Å². The van der Waals surface area contributed by atoms with Crippen molar-refractivity contribution in [1.82, 2.24) is 10.2 Å². The van der Waals surface area contributed by atoms with E-state index in [-0.39, 0.29) is 12.2 Å². The van der Waals surface area contributed by atoms with Crippen LogP contribution >= 0.6 is 0 Å². The molecule has 2 aliphatic heterocycles. The number of imide groups is 1. The quantitative estimate of drug-likeness (QED) is 0.851. The van der Waals surface area contributed by atoms with Crippen molar-refractivity contribution in [3.05, 3.63) is 23.5 Å². The summed E-state index contributed by atoms with van der Waals surface area (Å²) in [4.78, 5) is 27.9. The van der Waals surface area contributed by atoms with Gasteiger partial charge in [-0.25, -0.2) is 14.1 Å². The molecular weight excluding hydrogens is 303 g/mol. The Morgan fingerprint density at radius 1 is 1.30 bits per heavy atom. The first-order valence-electron chi connectivity index (χ1n) is 7.62. The molecule has 2 heterocycles. The normalized spacial score (nSPS) is 18.2. The fourth-order valence-corrected chi connectivity index (χ4v) is 3.01. The van der Waals surface area contributed by atoms with Crippen molar-refractivity contribution in [3.8, 4) is 0 Å². The number of rotatable bonds is 2. The second-order valence-electron chi connectivity index (χ2n) is 5.57. The van der Waals surface area contributed by atoms with Gasteiger partial charge in [-0.2, -0.15) is 0 Å². The van der Waals surface area contributed by atoms with Crippen molar-refractivity contribution in [3.63, 3.8) is 0 Å². The SMILES string of the molecule is CCN1CN(C(=O)O)C(=O)c2cc(F)c(N3CCNCC3)cc21. The number of benzene rings is 1. The van der Waals surface area contributed by atoms with E-state index in [2.05, 4.69) is 5.32 Å². The van der Waals surface area contributed by atoms with Crippen LogP contribution in [0.1, 0.15) is 17.3 Å². The molecule has 0 radical (unpaired) electrons. The van der Waals surface area contributed by atoms with Crippen LogP contribution in [-0.4, -0.2) is 61.4 Å². The monoisotopic (exact) mass is 322 g/mol. The number of hydrogen-bond donors (Lipinski definition) is 2. The molecule has 2 amide bonds. The number of piperazine rings is 1. The molecule has 0 saturated carbocycles. The molecule has 1 aromatic carbocycles. The Morgan fingerprint density at radius 3 is 2.61 bits per heavy atom. The minimum absolute atomic E-state index is 0.0374. The third-order valence-corrected chi connectivity index (χ3v) is 4.26. The number of carbonyl (C=O) groups is 2. The minimum atomic E-state index is -1.33. The van der Waals surface area contributed by atoms with E-state index in [9.17, 15) is 14.0 Å². The molecule has 2 N–H and O–H groups in total. The Bertz CT molecular complexity index is 646. The number of carbonyl (C=O) groups excluding carboxylic acids is 1. The average Bonchev–Trinajstić information content (AvgIpc) is 2.55. The van der Waals surface area contributed by atoms with Gasteiger partial charge in [-0.05, 0) is 19.1 Å². The Labute approximate surface area is 133 Å². The molecule has 1 saturated heterocycles. The first-order chi connectivity index (χ1) is 11.0. The molecule has 0 atom stereocenters. The van der Waals surface area contributed by atoms with E-state index in [4.69, 9.17) is 5.11 Å². The summed E-state index contributed by atoms with van der Waals surface area (Å²) in [5.74, 6) is -1.18. The lowest BCUT2D eigenvalue weighted by Crippen LogP contribution is -2.49. The number of hydrogen-bond acceptors (Lipinski definition) is 5. The first-order valence-corrected chi connectivity index (χ1v) is 7.62. The van der Waals surface area contributed by atoms with Gasteiger partial charge >= 0.3 is 6.09 Å². The predicted octanol–water partition coefficient (Wildman–Crippen LogP) is 1.15.